The summed E-state index contributed by atoms with van der Waals surface area (Å²) in [6.45, 7) is 2.55. The molecule has 1 heterocycles. The van der Waals surface area contributed by atoms with E-state index in [1.807, 2.05) is 37.3 Å². The standard InChI is InChI=1S/C21H25ClO6/c1-3-27-15-7-4-12(5-8-15)10-14-11-13(6-9-16(14)22)20-18(24)17(23)19(25)21(26-2)28-20/h4-9,11,17-21,23-25H,3,10H2,1-2H3/t17-,18-,19+,20+,21+/m1/s1. The highest BCUT2D eigenvalue weighted by Crippen LogP contribution is 2.34. The van der Waals surface area contributed by atoms with Gasteiger partial charge in [0.05, 0.1) is 6.61 Å². The van der Waals surface area contributed by atoms with Crippen LogP contribution in [0.2, 0.25) is 5.02 Å². The number of ether oxygens (including phenoxy) is 3. The van der Waals surface area contributed by atoms with Gasteiger partial charge in [0.15, 0.2) is 6.29 Å². The Morgan fingerprint density at radius 2 is 1.71 bits per heavy atom. The Bertz CT molecular complexity index is 779. The number of methoxy groups -OCH3 is 1. The normalized spacial score (nSPS) is 27.6. The first-order valence-electron chi connectivity index (χ1n) is 9.17. The highest BCUT2D eigenvalue weighted by molar-refractivity contribution is 6.31. The van der Waals surface area contributed by atoms with Gasteiger partial charge < -0.3 is 29.5 Å². The van der Waals surface area contributed by atoms with E-state index < -0.39 is 30.7 Å². The van der Waals surface area contributed by atoms with E-state index in [1.54, 1.807) is 12.1 Å². The summed E-state index contributed by atoms with van der Waals surface area (Å²) in [7, 11) is 1.37. The minimum atomic E-state index is -1.38. The second kappa shape index (κ2) is 9.22. The van der Waals surface area contributed by atoms with Crippen molar-refractivity contribution >= 4 is 11.6 Å². The Hall–Kier alpha value is -1.67. The zero-order valence-electron chi connectivity index (χ0n) is 15.8. The number of aliphatic hydroxyl groups excluding tert-OH is 3. The van der Waals surface area contributed by atoms with Crippen LogP contribution >= 0.6 is 11.6 Å². The average Bonchev–Trinajstić information content (AvgIpc) is 2.70. The number of hydrogen-bond acceptors (Lipinski definition) is 6. The molecule has 28 heavy (non-hydrogen) atoms. The summed E-state index contributed by atoms with van der Waals surface area (Å²) in [6, 6.07) is 13.1. The van der Waals surface area contributed by atoms with Crippen LogP contribution in [0, 0.1) is 0 Å². The van der Waals surface area contributed by atoms with Gasteiger partial charge in [-0.1, -0.05) is 35.9 Å². The quantitative estimate of drug-likeness (QED) is 0.680. The molecule has 0 aliphatic carbocycles. The molecule has 2 aromatic rings. The molecule has 0 aromatic heterocycles. The monoisotopic (exact) mass is 408 g/mol. The first kappa shape index (κ1) is 21.0. The molecule has 3 N–H and O–H groups in total. The molecule has 1 fully saturated rings. The lowest BCUT2D eigenvalue weighted by Gasteiger charge is -2.40. The van der Waals surface area contributed by atoms with Gasteiger partial charge in [0.1, 0.15) is 30.2 Å². The molecule has 0 radical (unpaired) electrons. The summed E-state index contributed by atoms with van der Waals surface area (Å²) in [6.07, 6.45) is -5.30. The van der Waals surface area contributed by atoms with Gasteiger partial charge >= 0.3 is 0 Å². The number of rotatable bonds is 6. The molecule has 2 aromatic carbocycles. The second-order valence-corrected chi connectivity index (χ2v) is 7.14. The van der Waals surface area contributed by atoms with Gasteiger partial charge in [-0.15, -0.1) is 0 Å². The molecule has 1 aliphatic rings. The highest BCUT2D eigenvalue weighted by atomic mass is 35.5. The summed E-state index contributed by atoms with van der Waals surface area (Å²) in [5.74, 6) is 0.808. The Morgan fingerprint density at radius 1 is 1.00 bits per heavy atom. The van der Waals surface area contributed by atoms with Crippen LogP contribution in [0.4, 0.5) is 0 Å². The summed E-state index contributed by atoms with van der Waals surface area (Å²) in [5.41, 5.74) is 2.55. The molecule has 5 atom stereocenters. The first-order valence-corrected chi connectivity index (χ1v) is 9.55. The molecule has 0 amide bonds. The smallest absolute Gasteiger partial charge is 0.186 e. The minimum absolute atomic E-state index is 0.584. The van der Waals surface area contributed by atoms with Gasteiger partial charge in [0.2, 0.25) is 0 Å². The molecular formula is C21H25ClO6. The molecule has 1 saturated heterocycles. The van der Waals surface area contributed by atoms with E-state index in [4.69, 9.17) is 25.8 Å². The Balaban J connectivity index is 1.82. The van der Waals surface area contributed by atoms with Crippen LogP contribution < -0.4 is 4.74 Å². The molecular weight excluding hydrogens is 384 g/mol. The zero-order chi connectivity index (χ0) is 20.3. The molecule has 0 saturated carbocycles. The van der Waals surface area contributed by atoms with Crippen molar-refractivity contribution in [1.29, 1.82) is 0 Å². The fourth-order valence-corrected chi connectivity index (χ4v) is 3.50. The highest BCUT2D eigenvalue weighted by Gasteiger charge is 2.44. The maximum absolute atomic E-state index is 10.4. The second-order valence-electron chi connectivity index (χ2n) is 6.74. The number of hydrogen-bond donors (Lipinski definition) is 3. The Morgan fingerprint density at radius 3 is 2.36 bits per heavy atom. The van der Waals surface area contributed by atoms with Crippen LogP contribution in [0.15, 0.2) is 42.5 Å². The third-order valence-corrected chi connectivity index (χ3v) is 5.20. The number of aliphatic hydroxyl groups is 3. The van der Waals surface area contributed by atoms with Crippen molar-refractivity contribution in [1.82, 2.24) is 0 Å². The van der Waals surface area contributed by atoms with Crippen molar-refractivity contribution in [2.75, 3.05) is 13.7 Å². The predicted octanol–water partition coefficient (Wildman–Crippen LogP) is 2.46. The summed E-state index contributed by atoms with van der Waals surface area (Å²) >= 11 is 6.37. The maximum atomic E-state index is 10.4. The van der Waals surface area contributed by atoms with Gasteiger partial charge in [-0.05, 0) is 48.2 Å². The third kappa shape index (κ3) is 4.49. The lowest BCUT2D eigenvalue weighted by Crippen LogP contribution is -2.54. The molecule has 1 aliphatic heterocycles. The maximum Gasteiger partial charge on any atom is 0.186 e. The van der Waals surface area contributed by atoms with Crippen LogP contribution in [0.5, 0.6) is 5.75 Å². The fraction of sp³-hybridized carbons (Fsp3) is 0.429. The van der Waals surface area contributed by atoms with E-state index in [-0.39, 0.29) is 0 Å². The molecule has 0 spiro atoms. The SMILES string of the molecule is CCOc1ccc(Cc2cc([C@@H]3O[C@H](OC)[C@@H](O)[C@H](O)[C@H]3O)ccc2Cl)cc1. The Kier molecular flexibility index (Phi) is 6.93. The van der Waals surface area contributed by atoms with E-state index in [0.29, 0.717) is 23.6 Å². The number of benzene rings is 2. The summed E-state index contributed by atoms with van der Waals surface area (Å²) < 4.78 is 16.2. The lowest BCUT2D eigenvalue weighted by molar-refractivity contribution is -0.292. The zero-order valence-corrected chi connectivity index (χ0v) is 16.5. The van der Waals surface area contributed by atoms with E-state index in [9.17, 15) is 15.3 Å². The van der Waals surface area contributed by atoms with E-state index in [0.717, 1.165) is 16.9 Å². The van der Waals surface area contributed by atoms with Crippen LogP contribution in [0.25, 0.3) is 0 Å². The average molecular weight is 409 g/mol. The van der Waals surface area contributed by atoms with Crippen LogP contribution in [0.3, 0.4) is 0 Å². The predicted molar refractivity (Wildman–Crippen MR) is 105 cm³/mol. The van der Waals surface area contributed by atoms with Crippen LogP contribution in [-0.4, -0.2) is 53.6 Å². The summed E-state index contributed by atoms with van der Waals surface area (Å²) in [4.78, 5) is 0. The van der Waals surface area contributed by atoms with Gasteiger partial charge in [-0.25, -0.2) is 0 Å². The molecule has 152 valence electrons. The molecule has 3 rings (SSSR count). The topological polar surface area (TPSA) is 88.4 Å². The van der Waals surface area contributed by atoms with Crippen molar-refractivity contribution in [3.8, 4) is 5.75 Å². The fourth-order valence-electron chi connectivity index (χ4n) is 3.32. The van der Waals surface area contributed by atoms with Crippen molar-refractivity contribution in [3.05, 3.63) is 64.2 Å². The van der Waals surface area contributed by atoms with E-state index in [2.05, 4.69) is 0 Å². The molecule has 0 unspecified atom stereocenters. The van der Waals surface area contributed by atoms with E-state index in [1.165, 1.54) is 7.11 Å². The molecule has 6 nitrogen and oxygen atoms in total. The van der Waals surface area contributed by atoms with Crippen LogP contribution in [-0.2, 0) is 15.9 Å². The summed E-state index contributed by atoms with van der Waals surface area (Å²) in [5, 5.41) is 31.0. The van der Waals surface area contributed by atoms with Crippen molar-refractivity contribution in [3.63, 3.8) is 0 Å². The van der Waals surface area contributed by atoms with Crippen molar-refractivity contribution < 1.29 is 29.5 Å². The number of halogens is 1. The molecule has 7 heteroatoms. The van der Waals surface area contributed by atoms with Crippen LogP contribution in [0.1, 0.15) is 29.7 Å². The van der Waals surface area contributed by atoms with Gasteiger partial charge in [0, 0.05) is 12.1 Å². The lowest BCUT2D eigenvalue weighted by atomic mass is 9.92. The Labute approximate surface area is 169 Å². The van der Waals surface area contributed by atoms with Gasteiger partial charge in [-0.3, -0.25) is 0 Å². The van der Waals surface area contributed by atoms with Gasteiger partial charge in [-0.2, -0.15) is 0 Å². The third-order valence-electron chi connectivity index (χ3n) is 4.83. The van der Waals surface area contributed by atoms with Crippen molar-refractivity contribution in [2.24, 2.45) is 0 Å². The van der Waals surface area contributed by atoms with Crippen molar-refractivity contribution in [2.45, 2.75) is 44.1 Å². The van der Waals surface area contributed by atoms with E-state index >= 15 is 0 Å². The van der Waals surface area contributed by atoms with Gasteiger partial charge in [0.25, 0.3) is 0 Å². The first-order chi connectivity index (χ1) is 13.4. The molecule has 0 bridgehead atoms. The largest absolute Gasteiger partial charge is 0.494 e. The minimum Gasteiger partial charge on any atom is -0.494 e.